The molecule has 4 heterocycles. The molecule has 4 heteroatoms. The van der Waals surface area contributed by atoms with Crippen LogP contribution in [0.25, 0.3) is 89.0 Å². The summed E-state index contributed by atoms with van der Waals surface area (Å²) in [5.41, 5.74) is 15.6. The molecule has 0 bridgehead atoms. The summed E-state index contributed by atoms with van der Waals surface area (Å²) in [5.74, 6) is 0. The van der Waals surface area contributed by atoms with Crippen LogP contribution in [0.5, 0.6) is 0 Å². The summed E-state index contributed by atoms with van der Waals surface area (Å²) >= 11 is 0. The van der Waals surface area contributed by atoms with Gasteiger partial charge in [0, 0.05) is 40.1 Å². The summed E-state index contributed by atoms with van der Waals surface area (Å²) in [6, 6.07) is 56.9. The lowest BCUT2D eigenvalue weighted by atomic mass is 9.81. The predicted molar refractivity (Wildman–Crippen MR) is 218 cm³/mol. The Hall–Kier alpha value is -6.78. The molecule has 0 saturated carbocycles. The molecule has 1 aliphatic rings. The van der Waals surface area contributed by atoms with Crippen molar-refractivity contribution in [2.45, 2.75) is 19.3 Å². The van der Waals surface area contributed by atoms with Gasteiger partial charge in [0.15, 0.2) is 0 Å². The molecule has 0 amide bonds. The van der Waals surface area contributed by atoms with Gasteiger partial charge >= 0.3 is 0 Å². The smallest absolute Gasteiger partial charge is 0.137 e. The highest BCUT2D eigenvalue weighted by molar-refractivity contribution is 5.94. The Morgan fingerprint density at radius 1 is 0.396 bits per heavy atom. The Kier molecular flexibility index (Phi) is 6.27. The van der Waals surface area contributed by atoms with E-state index in [9.17, 15) is 0 Å². The van der Waals surface area contributed by atoms with Crippen molar-refractivity contribution in [1.82, 2.24) is 18.8 Å². The van der Waals surface area contributed by atoms with Crippen LogP contribution in [0.4, 0.5) is 0 Å². The van der Waals surface area contributed by atoms with Crippen LogP contribution in [0.2, 0.25) is 0 Å². The molecule has 0 atom stereocenters. The second-order valence-corrected chi connectivity index (χ2v) is 14.7. The molecular formula is C49H34N4. The van der Waals surface area contributed by atoms with Crippen LogP contribution in [0.1, 0.15) is 25.0 Å². The van der Waals surface area contributed by atoms with Gasteiger partial charge in [0.05, 0.1) is 22.8 Å². The van der Waals surface area contributed by atoms with Crippen molar-refractivity contribution >= 4 is 32.8 Å². The van der Waals surface area contributed by atoms with Crippen molar-refractivity contribution < 1.29 is 0 Å². The summed E-state index contributed by atoms with van der Waals surface area (Å²) in [7, 11) is 0. The molecule has 0 unspecified atom stereocenters. The second kappa shape index (κ2) is 11.1. The molecule has 250 valence electrons. The maximum absolute atomic E-state index is 5.21. The summed E-state index contributed by atoms with van der Waals surface area (Å²) in [6.45, 7) is 4.73. The van der Waals surface area contributed by atoms with E-state index < -0.39 is 0 Å². The molecule has 53 heavy (non-hydrogen) atoms. The lowest BCUT2D eigenvalue weighted by Crippen LogP contribution is -2.15. The number of rotatable bonds is 4. The van der Waals surface area contributed by atoms with Gasteiger partial charge in [0.25, 0.3) is 0 Å². The topological polar surface area (TPSA) is 34.6 Å². The third-order valence-corrected chi connectivity index (χ3v) is 11.3. The van der Waals surface area contributed by atoms with Crippen LogP contribution < -0.4 is 0 Å². The molecule has 10 aromatic rings. The fourth-order valence-corrected chi connectivity index (χ4v) is 8.65. The number of aromatic nitrogens is 4. The van der Waals surface area contributed by atoms with Crippen LogP contribution in [0, 0.1) is 0 Å². The first kappa shape index (κ1) is 29.9. The number of benzene rings is 6. The Labute approximate surface area is 307 Å². The molecular weight excluding hydrogens is 645 g/mol. The largest absolute Gasteiger partial charge is 0.299 e. The zero-order chi connectivity index (χ0) is 35.3. The standard InChI is InChI=1S/C49H34N4/c1-49(2)41-29-37(47-45(50-43-15-7-9-25-52(43)47)35-19-17-31-11-3-5-13-33(31)27-35)21-23-39(41)40-24-22-38(30-42(40)49)48-46(51-44-16-8-10-26-53(44)48)36-20-18-32-12-4-6-14-34(32)28-36/h3-30H,1-2H3. The van der Waals surface area contributed by atoms with E-state index in [1.165, 1.54) is 43.8 Å². The molecule has 0 radical (unpaired) electrons. The van der Waals surface area contributed by atoms with Gasteiger partial charge in [-0.05, 0) is 92.3 Å². The molecule has 4 aromatic heterocycles. The van der Waals surface area contributed by atoms with Gasteiger partial charge in [-0.2, -0.15) is 0 Å². The van der Waals surface area contributed by atoms with Crippen molar-refractivity contribution in [3.8, 4) is 56.2 Å². The molecule has 0 N–H and O–H groups in total. The highest BCUT2D eigenvalue weighted by Crippen LogP contribution is 2.51. The molecule has 6 aromatic carbocycles. The van der Waals surface area contributed by atoms with Crippen LogP contribution in [-0.2, 0) is 5.41 Å². The van der Waals surface area contributed by atoms with E-state index in [2.05, 4.69) is 193 Å². The number of imidazole rings is 2. The summed E-state index contributed by atoms with van der Waals surface area (Å²) in [6.07, 6.45) is 4.26. The van der Waals surface area contributed by atoms with Gasteiger partial charge in [0.2, 0.25) is 0 Å². The zero-order valence-corrected chi connectivity index (χ0v) is 29.5. The van der Waals surface area contributed by atoms with Gasteiger partial charge in [0.1, 0.15) is 11.3 Å². The number of hydrogen-bond acceptors (Lipinski definition) is 2. The molecule has 0 saturated heterocycles. The summed E-state index contributed by atoms with van der Waals surface area (Å²) in [5, 5.41) is 4.88. The number of nitrogens with zero attached hydrogens (tertiary/aromatic N) is 4. The van der Waals surface area contributed by atoms with Gasteiger partial charge in [-0.15, -0.1) is 0 Å². The summed E-state index contributed by atoms with van der Waals surface area (Å²) < 4.78 is 4.47. The lowest BCUT2D eigenvalue weighted by molar-refractivity contribution is 0.661. The van der Waals surface area contributed by atoms with E-state index in [0.29, 0.717) is 0 Å². The van der Waals surface area contributed by atoms with Crippen LogP contribution in [-0.4, -0.2) is 18.8 Å². The Bertz CT molecular complexity index is 2900. The molecule has 1 aliphatic carbocycles. The van der Waals surface area contributed by atoms with Crippen molar-refractivity contribution in [2.24, 2.45) is 0 Å². The maximum atomic E-state index is 5.21. The fourth-order valence-electron chi connectivity index (χ4n) is 8.65. The monoisotopic (exact) mass is 678 g/mol. The average Bonchev–Trinajstić information content (AvgIpc) is 3.85. The Morgan fingerprint density at radius 3 is 1.28 bits per heavy atom. The van der Waals surface area contributed by atoms with Crippen LogP contribution >= 0.6 is 0 Å². The third-order valence-electron chi connectivity index (χ3n) is 11.3. The molecule has 0 aliphatic heterocycles. The van der Waals surface area contributed by atoms with E-state index in [0.717, 1.165) is 56.3 Å². The van der Waals surface area contributed by atoms with E-state index in [1.807, 2.05) is 0 Å². The Balaban J connectivity index is 1.06. The first-order valence-corrected chi connectivity index (χ1v) is 18.2. The minimum Gasteiger partial charge on any atom is -0.299 e. The van der Waals surface area contributed by atoms with E-state index in [-0.39, 0.29) is 5.41 Å². The van der Waals surface area contributed by atoms with Crippen molar-refractivity contribution in [3.05, 3.63) is 181 Å². The fraction of sp³-hybridized carbons (Fsp3) is 0.0612. The van der Waals surface area contributed by atoms with Crippen molar-refractivity contribution in [1.29, 1.82) is 0 Å². The zero-order valence-electron chi connectivity index (χ0n) is 29.5. The number of pyridine rings is 2. The SMILES string of the molecule is CC1(C)c2cc(-c3c(-c4ccc5ccccc5c4)nc4ccccn34)ccc2-c2ccc(-c3c(-c4ccc5ccccc5c4)nc4ccccn34)cc21. The van der Waals surface area contributed by atoms with Crippen molar-refractivity contribution in [2.75, 3.05) is 0 Å². The predicted octanol–water partition coefficient (Wildman–Crippen LogP) is 12.3. The van der Waals surface area contributed by atoms with Gasteiger partial charge in [-0.25, -0.2) is 9.97 Å². The minimum atomic E-state index is -0.232. The first-order chi connectivity index (χ1) is 26.0. The summed E-state index contributed by atoms with van der Waals surface area (Å²) in [4.78, 5) is 10.4. The second-order valence-electron chi connectivity index (χ2n) is 14.7. The maximum Gasteiger partial charge on any atom is 0.137 e. The Morgan fingerprint density at radius 2 is 0.811 bits per heavy atom. The number of hydrogen-bond donors (Lipinski definition) is 0. The first-order valence-electron chi connectivity index (χ1n) is 18.2. The van der Waals surface area contributed by atoms with Crippen molar-refractivity contribution in [3.63, 3.8) is 0 Å². The highest BCUT2D eigenvalue weighted by Gasteiger charge is 2.36. The normalized spacial score (nSPS) is 13.2. The van der Waals surface area contributed by atoms with Crippen LogP contribution in [0.3, 0.4) is 0 Å². The molecule has 0 fully saturated rings. The number of fused-ring (bicyclic) bond motifs is 7. The third kappa shape index (κ3) is 4.49. The van der Waals surface area contributed by atoms with E-state index in [1.54, 1.807) is 0 Å². The van der Waals surface area contributed by atoms with Gasteiger partial charge in [-0.3, -0.25) is 8.80 Å². The van der Waals surface area contributed by atoms with Gasteiger partial charge < -0.3 is 0 Å². The van der Waals surface area contributed by atoms with E-state index in [4.69, 9.17) is 9.97 Å². The molecule has 0 spiro atoms. The average molecular weight is 679 g/mol. The lowest BCUT2D eigenvalue weighted by Gasteiger charge is -2.23. The quantitative estimate of drug-likeness (QED) is 0.186. The minimum absolute atomic E-state index is 0.232. The van der Waals surface area contributed by atoms with E-state index >= 15 is 0 Å². The van der Waals surface area contributed by atoms with Gasteiger partial charge in [-0.1, -0.05) is 123 Å². The van der Waals surface area contributed by atoms with Crippen LogP contribution in [0.15, 0.2) is 170 Å². The highest BCUT2D eigenvalue weighted by atomic mass is 15.0. The molecule has 11 rings (SSSR count). The molecule has 4 nitrogen and oxygen atoms in total.